The molecule has 0 N–H and O–H groups in total. The summed E-state index contributed by atoms with van der Waals surface area (Å²) in [5.74, 6) is 0. The first-order chi connectivity index (χ1) is 20.7. The minimum atomic E-state index is -2.69. The van der Waals surface area contributed by atoms with E-state index < -0.39 is 14.5 Å². The fourth-order valence-corrected chi connectivity index (χ4v) is 24.3. The third-order valence-corrected chi connectivity index (χ3v) is 25.4. The molecule has 0 heterocycles. The van der Waals surface area contributed by atoms with Gasteiger partial charge in [0.1, 0.15) is 0 Å². The second kappa shape index (κ2) is 13.2. The minimum absolute atomic E-state index is 0.101. The van der Waals surface area contributed by atoms with Gasteiger partial charge in [-0.15, -0.1) is 0 Å². The molecule has 210 valence electrons. The van der Waals surface area contributed by atoms with Crippen molar-refractivity contribution in [2.75, 3.05) is 0 Å². The Morgan fingerprint density at radius 3 is 0.548 bits per heavy atom. The second-order valence-electron chi connectivity index (χ2n) is 10.6. The van der Waals surface area contributed by atoms with E-state index in [0.29, 0.717) is 0 Å². The van der Waals surface area contributed by atoms with Gasteiger partial charge in [-0.3, -0.25) is 0 Å². The molecule has 0 aliphatic carbocycles. The quantitative estimate of drug-likeness (QED) is 0.106. The first kappa shape index (κ1) is 29.2. The molecule has 0 aromatic heterocycles. The Kier molecular flexibility index (Phi) is 9.18. The summed E-state index contributed by atoms with van der Waals surface area (Å²) < 4.78 is 0.203. The summed E-state index contributed by atoms with van der Waals surface area (Å²) in [6.45, 7) is 0. The van der Waals surface area contributed by atoms with Crippen molar-refractivity contribution in [3.63, 3.8) is 0 Å². The van der Waals surface area contributed by atoms with Crippen LogP contribution in [0.15, 0.2) is 182 Å². The summed E-state index contributed by atoms with van der Waals surface area (Å²) in [6, 6.07) is 67.3. The van der Waals surface area contributed by atoms with E-state index in [4.69, 9.17) is 0 Å². The molecule has 2 unspecified atom stereocenters. The Labute approximate surface area is 267 Å². The second-order valence-corrected chi connectivity index (χ2v) is 22.2. The molecule has 0 saturated heterocycles. The predicted molar refractivity (Wildman–Crippen MR) is 199 cm³/mol. The van der Waals surface area contributed by atoms with Crippen LogP contribution in [-0.4, -0.2) is 9.14 Å². The maximum atomic E-state index is 4.55. The van der Waals surface area contributed by atoms with Crippen molar-refractivity contribution in [3.8, 4) is 0 Å². The van der Waals surface area contributed by atoms with Crippen molar-refractivity contribution in [1.82, 2.24) is 0 Å². The van der Waals surface area contributed by atoms with Crippen LogP contribution < -0.4 is 31.8 Å². The van der Waals surface area contributed by atoms with E-state index in [1.807, 2.05) is 0 Å². The molecule has 0 amide bonds. The van der Waals surface area contributed by atoms with Crippen LogP contribution in [0.25, 0.3) is 0 Å². The van der Waals surface area contributed by atoms with Crippen molar-refractivity contribution in [2.45, 2.75) is 9.14 Å². The number of rotatable bonds is 9. The number of benzene rings is 6. The maximum absolute atomic E-state index is 4.55. The first-order valence-corrected chi connectivity index (χ1v) is 20.3. The van der Waals surface area contributed by atoms with Gasteiger partial charge in [0.15, 0.2) is 0 Å². The molecular weight excluding hydrogens is 678 g/mol. The monoisotopic (exact) mass is 710 g/mol. The standard InChI is InChI=1S/C38H34Br2P2/c39-37(41(31-19-7-1-8-20-31,32-21-9-2-10-22-32)33-23-11-3-12-24-33)38(40)42(34-25-13-4-14-26-34,35-27-15-5-16-28-35)36-29-17-6-18-30-36/h1-30,37-38,41-42H. The van der Waals surface area contributed by atoms with Crippen LogP contribution in [-0.2, 0) is 0 Å². The van der Waals surface area contributed by atoms with E-state index in [0.717, 1.165) is 0 Å². The van der Waals surface area contributed by atoms with Gasteiger partial charge in [-0.2, -0.15) is 0 Å². The average molecular weight is 712 g/mol. The molecule has 0 aliphatic heterocycles. The van der Waals surface area contributed by atoms with Gasteiger partial charge in [0.25, 0.3) is 0 Å². The van der Waals surface area contributed by atoms with E-state index in [1.165, 1.54) is 31.8 Å². The molecule has 0 radical (unpaired) electrons. The molecule has 42 heavy (non-hydrogen) atoms. The van der Waals surface area contributed by atoms with Crippen molar-refractivity contribution >= 4 is 78.2 Å². The first-order valence-electron chi connectivity index (χ1n) is 14.3. The Bertz CT molecular complexity index is 1360. The van der Waals surface area contributed by atoms with Crippen LogP contribution in [0.4, 0.5) is 0 Å². The zero-order valence-corrected chi connectivity index (χ0v) is 28.4. The van der Waals surface area contributed by atoms with E-state index in [1.54, 1.807) is 0 Å². The van der Waals surface area contributed by atoms with E-state index >= 15 is 0 Å². The molecule has 6 aromatic rings. The SMILES string of the molecule is BrC(C(Br)[PH](c1ccccc1)(c1ccccc1)c1ccccc1)[PH](c1ccccc1)(c1ccccc1)c1ccccc1. The third-order valence-electron chi connectivity index (χ3n) is 8.46. The summed E-state index contributed by atoms with van der Waals surface area (Å²) in [4.78, 5) is 0. The van der Waals surface area contributed by atoms with Crippen LogP contribution in [0.5, 0.6) is 0 Å². The topological polar surface area (TPSA) is 0 Å². The molecule has 0 saturated carbocycles. The van der Waals surface area contributed by atoms with Gasteiger partial charge < -0.3 is 0 Å². The van der Waals surface area contributed by atoms with Crippen LogP contribution in [0.2, 0.25) is 0 Å². The number of hydrogen-bond acceptors (Lipinski definition) is 0. The van der Waals surface area contributed by atoms with Crippen molar-refractivity contribution in [1.29, 1.82) is 0 Å². The third kappa shape index (κ3) is 5.14. The van der Waals surface area contributed by atoms with Gasteiger partial charge in [-0.1, -0.05) is 0 Å². The van der Waals surface area contributed by atoms with Crippen LogP contribution in [0.3, 0.4) is 0 Å². The van der Waals surface area contributed by atoms with E-state index in [2.05, 4.69) is 214 Å². The van der Waals surface area contributed by atoms with Gasteiger partial charge >= 0.3 is 269 Å². The molecule has 6 rings (SSSR count). The van der Waals surface area contributed by atoms with E-state index in [9.17, 15) is 0 Å². The van der Waals surface area contributed by atoms with Crippen LogP contribution >= 0.6 is 46.4 Å². The number of hydrogen-bond donors (Lipinski definition) is 0. The Morgan fingerprint density at radius 2 is 0.405 bits per heavy atom. The van der Waals surface area contributed by atoms with Crippen molar-refractivity contribution in [2.24, 2.45) is 0 Å². The molecule has 0 aliphatic rings. The Morgan fingerprint density at radius 1 is 0.262 bits per heavy atom. The molecule has 4 heteroatoms. The van der Waals surface area contributed by atoms with Crippen LogP contribution in [0.1, 0.15) is 0 Å². The molecular formula is C38H34Br2P2. The summed E-state index contributed by atoms with van der Waals surface area (Å²) in [5, 5.41) is 8.37. The molecule has 0 spiro atoms. The zero-order valence-electron chi connectivity index (χ0n) is 23.2. The zero-order chi connectivity index (χ0) is 28.8. The van der Waals surface area contributed by atoms with Gasteiger partial charge in [-0.25, -0.2) is 0 Å². The van der Waals surface area contributed by atoms with E-state index in [-0.39, 0.29) is 9.14 Å². The Hall–Kier alpha value is -2.86. The van der Waals surface area contributed by atoms with Crippen molar-refractivity contribution < 1.29 is 0 Å². The Balaban J connectivity index is 1.71. The molecule has 0 fully saturated rings. The molecule has 0 nitrogen and oxygen atoms in total. The van der Waals surface area contributed by atoms with Gasteiger partial charge in [0.2, 0.25) is 0 Å². The molecule has 2 atom stereocenters. The fourth-order valence-electron chi connectivity index (χ4n) is 6.60. The van der Waals surface area contributed by atoms with Gasteiger partial charge in [0.05, 0.1) is 0 Å². The number of halogens is 2. The van der Waals surface area contributed by atoms with Crippen molar-refractivity contribution in [3.05, 3.63) is 182 Å². The summed E-state index contributed by atoms with van der Waals surface area (Å²) in [6.07, 6.45) is 0. The summed E-state index contributed by atoms with van der Waals surface area (Å²) >= 11 is 9.11. The molecule has 0 bridgehead atoms. The normalized spacial score (nSPS) is 14.0. The summed E-state index contributed by atoms with van der Waals surface area (Å²) in [5.41, 5.74) is 0. The number of alkyl halides is 2. The predicted octanol–water partition coefficient (Wildman–Crippen LogP) is 7.88. The molecule has 6 aromatic carbocycles. The fraction of sp³-hybridized carbons (Fsp3) is 0.0526. The summed E-state index contributed by atoms with van der Waals surface area (Å²) in [7, 11) is -5.39. The average Bonchev–Trinajstić information content (AvgIpc) is 3.08. The van der Waals surface area contributed by atoms with Crippen LogP contribution in [0, 0.1) is 0 Å². The van der Waals surface area contributed by atoms with Gasteiger partial charge in [0, 0.05) is 0 Å². The van der Waals surface area contributed by atoms with Gasteiger partial charge in [-0.05, 0) is 0 Å².